The van der Waals surface area contributed by atoms with E-state index in [1.54, 1.807) is 0 Å². The Balaban J connectivity index is 2.27. The summed E-state index contributed by atoms with van der Waals surface area (Å²) in [5.41, 5.74) is 0. The van der Waals surface area contributed by atoms with Crippen molar-refractivity contribution in [2.75, 3.05) is 19.7 Å². The average molecular weight is 154 g/mol. The number of nitriles is 1. The van der Waals surface area contributed by atoms with Gasteiger partial charge in [0.25, 0.3) is 0 Å². The molecule has 1 rings (SSSR count). The zero-order valence-electron chi connectivity index (χ0n) is 6.66. The Bertz CT molecular complexity index is 153. The van der Waals surface area contributed by atoms with Gasteiger partial charge in [0.15, 0.2) is 0 Å². The maximum Gasteiger partial charge on any atom is 0.0635 e. The van der Waals surface area contributed by atoms with Crippen molar-refractivity contribution in [2.24, 2.45) is 0 Å². The predicted molar refractivity (Wildman–Crippen MR) is 41.9 cm³/mol. The Morgan fingerprint density at radius 3 is 3.09 bits per heavy atom. The van der Waals surface area contributed by atoms with Crippen LogP contribution in [0.1, 0.15) is 19.3 Å². The smallest absolute Gasteiger partial charge is 0.0635 e. The molecule has 1 heterocycles. The molecule has 0 radical (unpaired) electrons. The molecule has 0 spiro atoms. The molecule has 0 bridgehead atoms. The van der Waals surface area contributed by atoms with Crippen LogP contribution in [0.4, 0.5) is 0 Å². The molecule has 1 fully saturated rings. The van der Waals surface area contributed by atoms with Crippen molar-refractivity contribution in [1.29, 1.82) is 5.26 Å². The first-order valence-corrected chi connectivity index (χ1v) is 4.10. The van der Waals surface area contributed by atoms with Crippen LogP contribution in [0.2, 0.25) is 0 Å². The number of nitrogens with zero attached hydrogens (tertiary/aromatic N) is 2. The summed E-state index contributed by atoms with van der Waals surface area (Å²) in [6.07, 6.45) is 2.83. The highest BCUT2D eigenvalue weighted by atomic mass is 16.3. The molecule has 1 aliphatic heterocycles. The molecule has 1 aliphatic rings. The van der Waals surface area contributed by atoms with Crippen molar-refractivity contribution in [3.8, 4) is 6.07 Å². The highest BCUT2D eigenvalue weighted by molar-refractivity contribution is 4.81. The third kappa shape index (κ3) is 2.18. The van der Waals surface area contributed by atoms with Crippen LogP contribution < -0.4 is 0 Å². The molecule has 0 aromatic carbocycles. The van der Waals surface area contributed by atoms with Gasteiger partial charge in [0.05, 0.1) is 12.7 Å². The quantitative estimate of drug-likeness (QED) is 0.638. The van der Waals surface area contributed by atoms with E-state index in [4.69, 9.17) is 10.4 Å². The van der Waals surface area contributed by atoms with Crippen LogP contribution in [0, 0.1) is 11.3 Å². The number of hydrogen-bond acceptors (Lipinski definition) is 3. The Hall–Kier alpha value is -0.590. The van der Waals surface area contributed by atoms with Gasteiger partial charge in [-0.2, -0.15) is 5.26 Å². The molecule has 1 atom stereocenters. The van der Waals surface area contributed by atoms with Crippen molar-refractivity contribution >= 4 is 0 Å². The second kappa shape index (κ2) is 4.32. The lowest BCUT2D eigenvalue weighted by Crippen LogP contribution is -2.32. The lowest BCUT2D eigenvalue weighted by atomic mass is 10.2. The summed E-state index contributed by atoms with van der Waals surface area (Å²) in [5, 5.41) is 17.3. The van der Waals surface area contributed by atoms with Crippen molar-refractivity contribution in [3.63, 3.8) is 0 Å². The minimum atomic E-state index is 0.241. The largest absolute Gasteiger partial charge is 0.395 e. The van der Waals surface area contributed by atoms with E-state index in [-0.39, 0.29) is 6.61 Å². The van der Waals surface area contributed by atoms with Gasteiger partial charge in [-0.05, 0) is 19.4 Å². The lowest BCUT2D eigenvalue weighted by Gasteiger charge is -2.20. The fraction of sp³-hybridized carbons (Fsp3) is 0.875. The Kier molecular flexibility index (Phi) is 3.34. The van der Waals surface area contributed by atoms with Gasteiger partial charge >= 0.3 is 0 Å². The monoisotopic (exact) mass is 154 g/mol. The number of aliphatic hydroxyl groups is 1. The molecule has 3 heteroatoms. The molecular weight excluding hydrogens is 140 g/mol. The van der Waals surface area contributed by atoms with Gasteiger partial charge in [0.2, 0.25) is 0 Å². The van der Waals surface area contributed by atoms with Gasteiger partial charge in [-0.1, -0.05) is 0 Å². The summed E-state index contributed by atoms with van der Waals surface area (Å²) >= 11 is 0. The van der Waals surface area contributed by atoms with Crippen LogP contribution in [-0.2, 0) is 0 Å². The molecule has 3 nitrogen and oxygen atoms in total. The standard InChI is InChI=1S/C8H14N2O/c9-4-2-6-10-5-1-3-8(10)7-11/h8,11H,1-3,5-7H2. The minimum Gasteiger partial charge on any atom is -0.395 e. The summed E-state index contributed by atoms with van der Waals surface area (Å²) in [4.78, 5) is 2.20. The summed E-state index contributed by atoms with van der Waals surface area (Å²) < 4.78 is 0. The second-order valence-electron chi connectivity index (χ2n) is 2.92. The van der Waals surface area contributed by atoms with Gasteiger partial charge < -0.3 is 5.11 Å². The van der Waals surface area contributed by atoms with E-state index >= 15 is 0 Å². The van der Waals surface area contributed by atoms with Crippen molar-refractivity contribution in [2.45, 2.75) is 25.3 Å². The van der Waals surface area contributed by atoms with E-state index in [2.05, 4.69) is 11.0 Å². The summed E-state index contributed by atoms with van der Waals surface area (Å²) in [7, 11) is 0. The fourth-order valence-electron chi connectivity index (χ4n) is 1.59. The molecule has 0 aromatic rings. The summed E-state index contributed by atoms with van der Waals surface area (Å²) in [6, 6.07) is 2.44. The van der Waals surface area contributed by atoms with Crippen LogP contribution in [0.25, 0.3) is 0 Å². The summed E-state index contributed by atoms with van der Waals surface area (Å²) in [5.74, 6) is 0. The highest BCUT2D eigenvalue weighted by Crippen LogP contribution is 2.16. The molecule has 0 aromatic heterocycles. The van der Waals surface area contributed by atoms with Crippen LogP contribution >= 0.6 is 0 Å². The van der Waals surface area contributed by atoms with E-state index in [0.717, 1.165) is 25.9 Å². The van der Waals surface area contributed by atoms with Crippen LogP contribution in [0.15, 0.2) is 0 Å². The first-order chi connectivity index (χ1) is 5.38. The molecule has 1 unspecified atom stereocenters. The second-order valence-corrected chi connectivity index (χ2v) is 2.92. The maximum atomic E-state index is 8.91. The maximum absolute atomic E-state index is 8.91. The first kappa shape index (κ1) is 8.51. The number of rotatable bonds is 3. The van der Waals surface area contributed by atoms with Crippen molar-refractivity contribution in [3.05, 3.63) is 0 Å². The van der Waals surface area contributed by atoms with Crippen molar-refractivity contribution in [1.82, 2.24) is 4.90 Å². The molecule has 62 valence electrons. The summed E-state index contributed by atoms with van der Waals surface area (Å²) in [6.45, 7) is 2.11. The first-order valence-electron chi connectivity index (χ1n) is 4.10. The number of hydrogen-bond donors (Lipinski definition) is 1. The molecule has 0 saturated carbocycles. The third-order valence-electron chi connectivity index (χ3n) is 2.22. The zero-order chi connectivity index (χ0) is 8.10. The van der Waals surface area contributed by atoms with Crippen LogP contribution in [0.5, 0.6) is 0 Å². The molecule has 1 N–H and O–H groups in total. The molecule has 0 amide bonds. The highest BCUT2D eigenvalue weighted by Gasteiger charge is 2.22. The minimum absolute atomic E-state index is 0.241. The predicted octanol–water partition coefficient (Wildman–Crippen LogP) is 0.357. The topological polar surface area (TPSA) is 47.3 Å². The molecule has 11 heavy (non-hydrogen) atoms. The van der Waals surface area contributed by atoms with E-state index in [1.807, 2.05) is 0 Å². The van der Waals surface area contributed by atoms with Crippen LogP contribution in [-0.4, -0.2) is 35.7 Å². The normalized spacial score (nSPS) is 25.3. The molecule has 0 aliphatic carbocycles. The fourth-order valence-corrected chi connectivity index (χ4v) is 1.59. The van der Waals surface area contributed by atoms with E-state index in [9.17, 15) is 0 Å². The van der Waals surface area contributed by atoms with Crippen LogP contribution in [0.3, 0.4) is 0 Å². The van der Waals surface area contributed by atoms with E-state index in [0.29, 0.717) is 12.5 Å². The number of aliphatic hydroxyl groups excluding tert-OH is 1. The molecule has 1 saturated heterocycles. The van der Waals surface area contributed by atoms with E-state index in [1.165, 1.54) is 0 Å². The molecular formula is C8H14N2O. The Morgan fingerprint density at radius 1 is 1.64 bits per heavy atom. The third-order valence-corrected chi connectivity index (χ3v) is 2.22. The Labute approximate surface area is 67.2 Å². The van der Waals surface area contributed by atoms with Gasteiger partial charge in [-0.25, -0.2) is 0 Å². The van der Waals surface area contributed by atoms with Gasteiger partial charge in [0, 0.05) is 19.0 Å². The average Bonchev–Trinajstić information content (AvgIpc) is 2.47. The van der Waals surface area contributed by atoms with Gasteiger partial charge in [-0.15, -0.1) is 0 Å². The van der Waals surface area contributed by atoms with Gasteiger partial charge in [-0.3, -0.25) is 4.90 Å². The SMILES string of the molecule is N#CCCN1CCCC1CO. The lowest BCUT2D eigenvalue weighted by molar-refractivity contribution is 0.161. The zero-order valence-corrected chi connectivity index (χ0v) is 6.66. The Morgan fingerprint density at radius 2 is 2.45 bits per heavy atom. The van der Waals surface area contributed by atoms with Crippen molar-refractivity contribution < 1.29 is 5.11 Å². The van der Waals surface area contributed by atoms with E-state index < -0.39 is 0 Å². The van der Waals surface area contributed by atoms with Gasteiger partial charge in [0.1, 0.15) is 0 Å². The number of likely N-dealkylation sites (tertiary alicyclic amines) is 1.